The summed E-state index contributed by atoms with van der Waals surface area (Å²) in [5.41, 5.74) is 0.0373. The van der Waals surface area contributed by atoms with Crippen LogP contribution >= 0.6 is 34.2 Å². The monoisotopic (exact) mass is 391 g/mol. The predicted molar refractivity (Wildman–Crippen MR) is 80.2 cm³/mol. The minimum Gasteiger partial charge on any atom is -0.507 e. The molecule has 0 atom stereocenters. The van der Waals surface area contributed by atoms with E-state index in [0.29, 0.717) is 5.02 Å². The van der Waals surface area contributed by atoms with Crippen molar-refractivity contribution in [2.45, 2.75) is 0 Å². The van der Waals surface area contributed by atoms with E-state index in [9.17, 15) is 14.3 Å². The average molecular weight is 392 g/mol. The van der Waals surface area contributed by atoms with Crippen LogP contribution in [0.2, 0.25) is 5.02 Å². The number of anilines is 1. The molecule has 0 saturated heterocycles. The summed E-state index contributed by atoms with van der Waals surface area (Å²) in [6, 6.07) is 8.50. The van der Waals surface area contributed by atoms with Crippen LogP contribution in [-0.4, -0.2) is 11.0 Å². The van der Waals surface area contributed by atoms with Crippen molar-refractivity contribution in [3.05, 3.63) is 56.4 Å². The second kappa shape index (κ2) is 5.75. The Morgan fingerprint density at radius 2 is 2.00 bits per heavy atom. The fourth-order valence-electron chi connectivity index (χ4n) is 1.47. The Balaban J connectivity index is 2.28. The maximum absolute atomic E-state index is 13.6. The molecular formula is C13H8ClFINO2. The van der Waals surface area contributed by atoms with E-state index in [1.54, 1.807) is 6.07 Å². The van der Waals surface area contributed by atoms with Crippen LogP contribution in [0.15, 0.2) is 36.4 Å². The van der Waals surface area contributed by atoms with Crippen LogP contribution in [0.1, 0.15) is 10.4 Å². The largest absolute Gasteiger partial charge is 0.507 e. The lowest BCUT2D eigenvalue weighted by atomic mass is 10.2. The maximum atomic E-state index is 13.6. The van der Waals surface area contributed by atoms with Gasteiger partial charge >= 0.3 is 0 Å². The van der Waals surface area contributed by atoms with Gasteiger partial charge in [-0.05, 0) is 59.0 Å². The Morgan fingerprint density at radius 3 is 2.68 bits per heavy atom. The SMILES string of the molecule is O=C(Nc1ccc(I)cc1F)c1cc(Cl)ccc1O. The smallest absolute Gasteiger partial charge is 0.259 e. The van der Waals surface area contributed by atoms with Crippen molar-refractivity contribution >= 4 is 45.8 Å². The second-order valence-electron chi connectivity index (χ2n) is 3.74. The van der Waals surface area contributed by atoms with Crippen LogP contribution < -0.4 is 5.32 Å². The molecule has 2 rings (SSSR count). The molecule has 2 N–H and O–H groups in total. The first-order chi connectivity index (χ1) is 8.97. The lowest BCUT2D eigenvalue weighted by molar-refractivity contribution is 0.102. The molecular weight excluding hydrogens is 384 g/mol. The third-order valence-corrected chi connectivity index (χ3v) is 3.29. The van der Waals surface area contributed by atoms with Gasteiger partial charge in [-0.1, -0.05) is 11.6 Å². The standard InChI is InChI=1S/C13H8ClFINO2/c14-7-1-4-12(18)9(5-7)13(19)17-11-3-2-8(16)6-10(11)15/h1-6,18H,(H,17,19). The van der Waals surface area contributed by atoms with E-state index in [1.807, 2.05) is 22.6 Å². The summed E-state index contributed by atoms with van der Waals surface area (Å²) in [4.78, 5) is 11.9. The van der Waals surface area contributed by atoms with Gasteiger partial charge in [0.1, 0.15) is 11.6 Å². The minimum atomic E-state index is -0.625. The third-order valence-electron chi connectivity index (χ3n) is 2.38. The van der Waals surface area contributed by atoms with Crippen molar-refractivity contribution in [2.24, 2.45) is 0 Å². The number of halogens is 3. The molecule has 0 aliphatic heterocycles. The van der Waals surface area contributed by atoms with E-state index in [1.165, 1.54) is 30.3 Å². The topological polar surface area (TPSA) is 49.3 Å². The molecule has 0 heterocycles. The predicted octanol–water partition coefficient (Wildman–Crippen LogP) is 4.04. The molecule has 0 unspecified atom stereocenters. The van der Waals surface area contributed by atoms with Crippen LogP contribution in [0, 0.1) is 9.39 Å². The molecule has 98 valence electrons. The Hall–Kier alpha value is -1.34. The molecule has 0 aliphatic rings. The molecule has 2 aromatic carbocycles. The summed E-state index contributed by atoms with van der Waals surface area (Å²) in [7, 11) is 0. The normalized spacial score (nSPS) is 10.3. The molecule has 1 amide bonds. The number of hydrogen-bond donors (Lipinski definition) is 2. The molecule has 0 fully saturated rings. The highest BCUT2D eigenvalue weighted by Crippen LogP contribution is 2.24. The number of benzene rings is 2. The number of aromatic hydroxyl groups is 1. The summed E-state index contributed by atoms with van der Waals surface area (Å²) in [5.74, 6) is -1.38. The van der Waals surface area contributed by atoms with Gasteiger partial charge in [0.2, 0.25) is 0 Å². The number of phenols is 1. The first-order valence-electron chi connectivity index (χ1n) is 5.22. The van der Waals surface area contributed by atoms with Crippen molar-refractivity contribution in [1.29, 1.82) is 0 Å². The van der Waals surface area contributed by atoms with Gasteiger partial charge in [-0.15, -0.1) is 0 Å². The quantitative estimate of drug-likeness (QED) is 0.759. The van der Waals surface area contributed by atoms with E-state index in [0.717, 1.165) is 3.57 Å². The molecule has 0 aromatic heterocycles. The van der Waals surface area contributed by atoms with Gasteiger partial charge in [0, 0.05) is 8.59 Å². The summed E-state index contributed by atoms with van der Waals surface area (Å²) in [5, 5.41) is 12.3. The van der Waals surface area contributed by atoms with Crippen molar-refractivity contribution in [3.63, 3.8) is 0 Å². The second-order valence-corrected chi connectivity index (χ2v) is 5.42. The van der Waals surface area contributed by atoms with Crippen LogP contribution in [0.4, 0.5) is 10.1 Å². The number of carbonyl (C=O) groups excluding carboxylic acids is 1. The van der Waals surface area contributed by atoms with Crippen molar-refractivity contribution in [3.8, 4) is 5.75 Å². The number of carbonyl (C=O) groups is 1. The molecule has 2 aromatic rings. The number of rotatable bonds is 2. The number of nitrogens with one attached hydrogen (secondary N) is 1. The molecule has 6 heteroatoms. The first kappa shape index (κ1) is 14.1. The van der Waals surface area contributed by atoms with Crippen LogP contribution in [0.5, 0.6) is 5.75 Å². The highest BCUT2D eigenvalue weighted by Gasteiger charge is 2.14. The molecule has 3 nitrogen and oxygen atoms in total. The zero-order valence-electron chi connectivity index (χ0n) is 9.45. The van der Waals surface area contributed by atoms with Gasteiger partial charge in [-0.2, -0.15) is 0 Å². The van der Waals surface area contributed by atoms with Gasteiger partial charge < -0.3 is 10.4 Å². The summed E-state index contributed by atoms with van der Waals surface area (Å²) >= 11 is 7.72. The maximum Gasteiger partial charge on any atom is 0.259 e. The lowest BCUT2D eigenvalue weighted by Crippen LogP contribution is -2.13. The average Bonchev–Trinajstić information content (AvgIpc) is 2.35. The highest BCUT2D eigenvalue weighted by molar-refractivity contribution is 14.1. The van der Waals surface area contributed by atoms with Crippen LogP contribution in [-0.2, 0) is 0 Å². The molecule has 0 saturated carbocycles. The lowest BCUT2D eigenvalue weighted by Gasteiger charge is -2.08. The minimum absolute atomic E-state index is 0.00884. The van der Waals surface area contributed by atoms with E-state index in [-0.39, 0.29) is 17.0 Å². The van der Waals surface area contributed by atoms with Crippen LogP contribution in [0.3, 0.4) is 0 Å². The van der Waals surface area contributed by atoms with Crippen molar-refractivity contribution in [1.82, 2.24) is 0 Å². The summed E-state index contributed by atoms with van der Waals surface area (Å²) in [6.45, 7) is 0. The Labute approximate surface area is 127 Å². The van der Waals surface area contributed by atoms with Crippen molar-refractivity contribution in [2.75, 3.05) is 5.32 Å². The van der Waals surface area contributed by atoms with Crippen LogP contribution in [0.25, 0.3) is 0 Å². The third kappa shape index (κ3) is 3.36. The zero-order chi connectivity index (χ0) is 14.0. The van der Waals surface area contributed by atoms with E-state index >= 15 is 0 Å². The summed E-state index contributed by atoms with van der Waals surface area (Å²) < 4.78 is 14.3. The number of amides is 1. The Bertz CT molecular complexity index is 649. The molecule has 0 spiro atoms. The van der Waals surface area contributed by atoms with E-state index in [2.05, 4.69) is 5.32 Å². The van der Waals surface area contributed by atoms with E-state index < -0.39 is 11.7 Å². The van der Waals surface area contributed by atoms with Gasteiger partial charge in [0.25, 0.3) is 5.91 Å². The van der Waals surface area contributed by atoms with Crippen molar-refractivity contribution < 1.29 is 14.3 Å². The molecule has 0 bridgehead atoms. The Kier molecular flexibility index (Phi) is 4.26. The summed E-state index contributed by atoms with van der Waals surface area (Å²) in [6.07, 6.45) is 0. The van der Waals surface area contributed by atoms with Gasteiger partial charge in [-0.3, -0.25) is 4.79 Å². The fourth-order valence-corrected chi connectivity index (χ4v) is 2.10. The number of hydrogen-bond acceptors (Lipinski definition) is 2. The zero-order valence-corrected chi connectivity index (χ0v) is 12.4. The first-order valence-corrected chi connectivity index (χ1v) is 6.68. The van der Waals surface area contributed by atoms with Gasteiger partial charge in [-0.25, -0.2) is 4.39 Å². The highest BCUT2D eigenvalue weighted by atomic mass is 127. The van der Waals surface area contributed by atoms with Gasteiger partial charge in [0.05, 0.1) is 11.3 Å². The molecule has 0 aliphatic carbocycles. The molecule has 19 heavy (non-hydrogen) atoms. The van der Waals surface area contributed by atoms with E-state index in [4.69, 9.17) is 11.6 Å². The Morgan fingerprint density at radius 1 is 1.26 bits per heavy atom. The number of phenolic OH excluding ortho intramolecular Hbond substituents is 1. The fraction of sp³-hybridized carbons (Fsp3) is 0. The molecule has 0 radical (unpaired) electrons. The van der Waals surface area contributed by atoms with Gasteiger partial charge in [0.15, 0.2) is 0 Å².